The van der Waals surface area contributed by atoms with E-state index in [0.717, 1.165) is 37.6 Å². The van der Waals surface area contributed by atoms with Crippen molar-refractivity contribution in [1.29, 1.82) is 0 Å². The van der Waals surface area contributed by atoms with Crippen LogP contribution >= 0.6 is 0 Å². The SMILES string of the molecule is CCOC(=O)C(N)Cc1ccccc1N1CCOCC1. The third-order valence-electron chi connectivity index (χ3n) is 3.37. The van der Waals surface area contributed by atoms with Crippen LogP contribution in [0, 0.1) is 0 Å². The summed E-state index contributed by atoms with van der Waals surface area (Å²) in [4.78, 5) is 13.9. The summed E-state index contributed by atoms with van der Waals surface area (Å²) >= 11 is 0. The highest BCUT2D eigenvalue weighted by molar-refractivity contribution is 5.76. The molecule has 0 aliphatic carbocycles. The predicted octanol–water partition coefficient (Wildman–Crippen LogP) is 0.956. The van der Waals surface area contributed by atoms with Crippen molar-refractivity contribution in [2.75, 3.05) is 37.8 Å². The number of rotatable bonds is 5. The molecule has 20 heavy (non-hydrogen) atoms. The summed E-state index contributed by atoms with van der Waals surface area (Å²) in [6, 6.07) is 7.45. The van der Waals surface area contributed by atoms with Crippen molar-refractivity contribution in [2.24, 2.45) is 5.73 Å². The zero-order valence-electron chi connectivity index (χ0n) is 11.9. The van der Waals surface area contributed by atoms with Gasteiger partial charge in [-0.25, -0.2) is 0 Å². The monoisotopic (exact) mass is 278 g/mol. The molecular weight excluding hydrogens is 256 g/mol. The minimum absolute atomic E-state index is 0.343. The standard InChI is InChI=1S/C15H22N2O3/c1-2-20-15(18)13(16)11-12-5-3-4-6-14(12)17-7-9-19-10-8-17/h3-6,13H,2,7-11,16H2,1H3. The first-order valence-corrected chi connectivity index (χ1v) is 7.05. The van der Waals surface area contributed by atoms with E-state index in [9.17, 15) is 4.79 Å². The van der Waals surface area contributed by atoms with Crippen LogP contribution < -0.4 is 10.6 Å². The molecule has 0 saturated carbocycles. The molecule has 1 aromatic carbocycles. The predicted molar refractivity (Wildman–Crippen MR) is 77.8 cm³/mol. The first-order chi connectivity index (χ1) is 9.72. The van der Waals surface area contributed by atoms with Crippen LogP contribution in [0.3, 0.4) is 0 Å². The first kappa shape index (κ1) is 14.8. The Morgan fingerprint density at radius 2 is 2.10 bits per heavy atom. The van der Waals surface area contributed by atoms with Crippen molar-refractivity contribution < 1.29 is 14.3 Å². The molecule has 0 aromatic heterocycles. The van der Waals surface area contributed by atoms with Gasteiger partial charge in [0.25, 0.3) is 0 Å². The van der Waals surface area contributed by atoms with Gasteiger partial charge in [0.15, 0.2) is 0 Å². The van der Waals surface area contributed by atoms with Gasteiger partial charge in [0.1, 0.15) is 6.04 Å². The largest absolute Gasteiger partial charge is 0.465 e. The van der Waals surface area contributed by atoms with Gasteiger partial charge in [0, 0.05) is 25.2 Å². The van der Waals surface area contributed by atoms with Gasteiger partial charge in [-0.2, -0.15) is 0 Å². The van der Waals surface area contributed by atoms with Crippen molar-refractivity contribution in [3.63, 3.8) is 0 Å². The molecule has 5 nitrogen and oxygen atoms in total. The number of anilines is 1. The summed E-state index contributed by atoms with van der Waals surface area (Å²) in [7, 11) is 0. The van der Waals surface area contributed by atoms with Crippen LogP contribution in [0.1, 0.15) is 12.5 Å². The Balaban J connectivity index is 2.09. The van der Waals surface area contributed by atoms with E-state index in [0.29, 0.717) is 13.0 Å². The molecule has 1 unspecified atom stereocenters. The molecule has 1 aromatic rings. The highest BCUT2D eigenvalue weighted by Crippen LogP contribution is 2.22. The molecule has 1 aliphatic heterocycles. The summed E-state index contributed by atoms with van der Waals surface area (Å²) in [5.74, 6) is -0.343. The molecule has 1 saturated heterocycles. The number of benzene rings is 1. The maximum atomic E-state index is 11.7. The molecular formula is C15H22N2O3. The molecule has 110 valence electrons. The van der Waals surface area contributed by atoms with E-state index in [1.807, 2.05) is 18.2 Å². The number of carbonyl (C=O) groups excluding carboxylic acids is 1. The first-order valence-electron chi connectivity index (χ1n) is 7.05. The molecule has 1 atom stereocenters. The van der Waals surface area contributed by atoms with Crippen molar-refractivity contribution >= 4 is 11.7 Å². The second-order valence-corrected chi connectivity index (χ2v) is 4.79. The number of nitrogens with two attached hydrogens (primary N) is 1. The van der Waals surface area contributed by atoms with Crippen LogP contribution in [0.25, 0.3) is 0 Å². The van der Waals surface area contributed by atoms with Gasteiger partial charge in [-0.05, 0) is 18.6 Å². The Kier molecular flexibility index (Phi) is 5.38. The van der Waals surface area contributed by atoms with E-state index in [4.69, 9.17) is 15.2 Å². The minimum atomic E-state index is -0.614. The Bertz CT molecular complexity index is 444. The van der Waals surface area contributed by atoms with Crippen LogP contribution in [0.15, 0.2) is 24.3 Å². The number of hydrogen-bond acceptors (Lipinski definition) is 5. The van der Waals surface area contributed by atoms with E-state index < -0.39 is 6.04 Å². The summed E-state index contributed by atoms with van der Waals surface area (Å²) < 4.78 is 10.3. The smallest absolute Gasteiger partial charge is 0.323 e. The van der Waals surface area contributed by atoms with Gasteiger partial charge in [0.2, 0.25) is 0 Å². The lowest BCUT2D eigenvalue weighted by Crippen LogP contribution is -2.38. The van der Waals surface area contributed by atoms with Crippen molar-refractivity contribution in [3.05, 3.63) is 29.8 Å². The van der Waals surface area contributed by atoms with Gasteiger partial charge >= 0.3 is 5.97 Å². The van der Waals surface area contributed by atoms with Crippen molar-refractivity contribution in [2.45, 2.75) is 19.4 Å². The third kappa shape index (κ3) is 3.71. The topological polar surface area (TPSA) is 64.8 Å². The average Bonchev–Trinajstić information content (AvgIpc) is 2.49. The van der Waals surface area contributed by atoms with E-state index in [1.54, 1.807) is 6.92 Å². The fraction of sp³-hybridized carbons (Fsp3) is 0.533. The zero-order valence-corrected chi connectivity index (χ0v) is 11.9. The van der Waals surface area contributed by atoms with Crippen LogP contribution in [-0.4, -0.2) is 44.9 Å². The van der Waals surface area contributed by atoms with Gasteiger partial charge in [0.05, 0.1) is 19.8 Å². The Morgan fingerprint density at radius 3 is 2.80 bits per heavy atom. The fourth-order valence-electron chi connectivity index (χ4n) is 2.37. The van der Waals surface area contributed by atoms with Crippen LogP contribution in [0.4, 0.5) is 5.69 Å². The number of ether oxygens (including phenoxy) is 2. The maximum Gasteiger partial charge on any atom is 0.323 e. The molecule has 0 radical (unpaired) electrons. The molecule has 1 aliphatic rings. The van der Waals surface area contributed by atoms with E-state index in [1.165, 1.54) is 0 Å². The molecule has 2 N–H and O–H groups in total. The summed E-state index contributed by atoms with van der Waals surface area (Å²) in [6.45, 7) is 5.35. The lowest BCUT2D eigenvalue weighted by molar-refractivity contribution is -0.144. The Labute approximate surface area is 119 Å². The second kappa shape index (κ2) is 7.26. The summed E-state index contributed by atoms with van der Waals surface area (Å²) in [6.07, 6.45) is 0.492. The van der Waals surface area contributed by atoms with Crippen LogP contribution in [0.2, 0.25) is 0 Å². The lowest BCUT2D eigenvalue weighted by Gasteiger charge is -2.31. The zero-order chi connectivity index (χ0) is 14.4. The number of morpholine rings is 1. The van der Waals surface area contributed by atoms with Gasteiger partial charge < -0.3 is 20.1 Å². The molecule has 2 rings (SSSR count). The lowest BCUT2D eigenvalue weighted by atomic mass is 10.0. The van der Waals surface area contributed by atoms with Gasteiger partial charge in [-0.15, -0.1) is 0 Å². The van der Waals surface area contributed by atoms with Gasteiger partial charge in [-0.1, -0.05) is 18.2 Å². The normalized spacial score (nSPS) is 16.8. The third-order valence-corrected chi connectivity index (χ3v) is 3.37. The molecule has 0 spiro atoms. The highest BCUT2D eigenvalue weighted by atomic mass is 16.5. The Morgan fingerprint density at radius 1 is 1.40 bits per heavy atom. The van der Waals surface area contributed by atoms with E-state index in [2.05, 4.69) is 11.0 Å². The number of carbonyl (C=O) groups is 1. The number of esters is 1. The van der Waals surface area contributed by atoms with E-state index >= 15 is 0 Å². The quantitative estimate of drug-likeness (QED) is 0.813. The summed E-state index contributed by atoms with van der Waals surface area (Å²) in [5.41, 5.74) is 8.13. The van der Waals surface area contributed by atoms with Gasteiger partial charge in [-0.3, -0.25) is 4.79 Å². The van der Waals surface area contributed by atoms with Crippen molar-refractivity contribution in [3.8, 4) is 0 Å². The van der Waals surface area contributed by atoms with Crippen molar-refractivity contribution in [1.82, 2.24) is 0 Å². The number of para-hydroxylation sites is 1. The van der Waals surface area contributed by atoms with Crippen LogP contribution in [-0.2, 0) is 20.7 Å². The highest BCUT2D eigenvalue weighted by Gasteiger charge is 2.19. The molecule has 5 heteroatoms. The van der Waals surface area contributed by atoms with E-state index in [-0.39, 0.29) is 5.97 Å². The fourth-order valence-corrected chi connectivity index (χ4v) is 2.37. The Hall–Kier alpha value is -1.59. The molecule has 0 bridgehead atoms. The second-order valence-electron chi connectivity index (χ2n) is 4.79. The van der Waals surface area contributed by atoms with Crippen LogP contribution in [0.5, 0.6) is 0 Å². The molecule has 1 heterocycles. The minimum Gasteiger partial charge on any atom is -0.465 e. The number of nitrogens with zero attached hydrogens (tertiary/aromatic N) is 1. The average molecular weight is 278 g/mol. The molecule has 1 fully saturated rings. The summed E-state index contributed by atoms with van der Waals surface area (Å²) in [5, 5.41) is 0. The maximum absolute atomic E-state index is 11.7. The molecule has 0 amide bonds. The number of hydrogen-bond donors (Lipinski definition) is 1.